The lowest BCUT2D eigenvalue weighted by Crippen LogP contribution is -2.46. The van der Waals surface area contributed by atoms with E-state index in [1.807, 2.05) is 6.07 Å². The molecule has 3 rings (SSSR count). The highest BCUT2D eigenvalue weighted by Crippen LogP contribution is 2.31. The van der Waals surface area contributed by atoms with E-state index in [2.05, 4.69) is 15.2 Å². The quantitative estimate of drug-likeness (QED) is 0.702. The molecular weight excluding hydrogens is 312 g/mol. The van der Waals surface area contributed by atoms with Crippen LogP contribution in [-0.4, -0.2) is 44.2 Å². The topological polar surface area (TPSA) is 119 Å². The Labute approximate surface area is 137 Å². The zero-order valence-electron chi connectivity index (χ0n) is 13.0. The minimum absolute atomic E-state index is 0.134. The summed E-state index contributed by atoms with van der Waals surface area (Å²) in [5.74, 6) is -0.242. The Morgan fingerprint density at radius 3 is 2.67 bits per heavy atom. The molecule has 24 heavy (non-hydrogen) atoms. The van der Waals surface area contributed by atoms with Crippen molar-refractivity contribution in [1.29, 1.82) is 0 Å². The van der Waals surface area contributed by atoms with E-state index in [0.717, 1.165) is 6.07 Å². The molecule has 0 unspecified atom stereocenters. The van der Waals surface area contributed by atoms with Gasteiger partial charge in [-0.2, -0.15) is 0 Å². The molecule has 0 spiro atoms. The number of likely N-dealkylation sites (tertiary alicyclic amines) is 1. The first kappa shape index (κ1) is 16.1. The average Bonchev–Trinajstić information content (AvgIpc) is 2.59. The molecule has 0 atom stereocenters. The van der Waals surface area contributed by atoms with Gasteiger partial charge in [0.1, 0.15) is 5.60 Å². The highest BCUT2D eigenvalue weighted by Gasteiger charge is 2.36. The molecular formula is C16H18N4O4. The van der Waals surface area contributed by atoms with Gasteiger partial charge in [-0.25, -0.2) is 0 Å². The van der Waals surface area contributed by atoms with Crippen LogP contribution < -0.4 is 11.1 Å². The third kappa shape index (κ3) is 3.28. The Kier molecular flexibility index (Phi) is 4.30. The summed E-state index contributed by atoms with van der Waals surface area (Å²) in [5.41, 5.74) is -1.25. The predicted molar refractivity (Wildman–Crippen MR) is 85.3 cm³/mol. The highest BCUT2D eigenvalue weighted by molar-refractivity contribution is 5.78. The van der Waals surface area contributed by atoms with Gasteiger partial charge in [0.2, 0.25) is 5.91 Å². The molecule has 0 bridgehead atoms. The number of pyridine rings is 1. The fourth-order valence-electron chi connectivity index (χ4n) is 2.88. The molecule has 2 aromatic rings. The Balaban J connectivity index is 1.66. The lowest BCUT2D eigenvalue weighted by molar-refractivity contribution is -0.135. The number of hydrogen-bond donors (Lipinski definition) is 3. The van der Waals surface area contributed by atoms with Crippen LogP contribution in [0.1, 0.15) is 24.1 Å². The van der Waals surface area contributed by atoms with E-state index < -0.39 is 16.7 Å². The van der Waals surface area contributed by atoms with E-state index in [9.17, 15) is 19.5 Å². The molecule has 126 valence electrons. The van der Waals surface area contributed by atoms with Gasteiger partial charge in [0.15, 0.2) is 0 Å². The van der Waals surface area contributed by atoms with E-state index in [0.29, 0.717) is 31.6 Å². The van der Waals surface area contributed by atoms with Gasteiger partial charge >= 0.3 is 0 Å². The van der Waals surface area contributed by atoms with Crippen molar-refractivity contribution in [3.8, 4) is 0 Å². The van der Waals surface area contributed by atoms with Crippen LogP contribution >= 0.6 is 0 Å². The summed E-state index contributed by atoms with van der Waals surface area (Å²) in [6.45, 7) is 0.736. The number of aliphatic hydroxyl groups is 1. The molecule has 0 saturated carbocycles. The van der Waals surface area contributed by atoms with E-state index >= 15 is 0 Å². The molecule has 1 saturated heterocycles. The molecule has 1 aliphatic rings. The Hall–Kier alpha value is -2.74. The van der Waals surface area contributed by atoms with Gasteiger partial charge in [0.25, 0.3) is 11.1 Å². The SMILES string of the molecule is O=C(Cc1cc(=O)[nH][nH]c1=O)N1CCC(O)(c2ccccn2)CC1. The molecule has 1 amide bonds. The third-order valence-corrected chi connectivity index (χ3v) is 4.32. The molecule has 8 nitrogen and oxygen atoms in total. The Bertz CT molecular complexity index is 835. The van der Waals surface area contributed by atoms with Gasteiger partial charge in [-0.05, 0) is 25.0 Å². The first-order chi connectivity index (χ1) is 11.5. The van der Waals surface area contributed by atoms with Crippen LogP contribution in [-0.2, 0) is 16.8 Å². The summed E-state index contributed by atoms with van der Waals surface area (Å²) in [5, 5.41) is 15.1. The number of carbonyl (C=O) groups is 1. The van der Waals surface area contributed by atoms with E-state index in [-0.39, 0.29) is 17.9 Å². The fourth-order valence-corrected chi connectivity index (χ4v) is 2.88. The summed E-state index contributed by atoms with van der Waals surface area (Å²) in [6.07, 6.45) is 2.24. The van der Waals surface area contributed by atoms with E-state index in [1.54, 1.807) is 23.2 Å². The van der Waals surface area contributed by atoms with Crippen LogP contribution in [0.5, 0.6) is 0 Å². The van der Waals surface area contributed by atoms with Gasteiger partial charge < -0.3 is 10.0 Å². The molecule has 8 heteroatoms. The van der Waals surface area contributed by atoms with Crippen LogP contribution in [0.2, 0.25) is 0 Å². The van der Waals surface area contributed by atoms with E-state index in [1.165, 1.54) is 0 Å². The van der Waals surface area contributed by atoms with Gasteiger partial charge in [0, 0.05) is 30.9 Å². The van der Waals surface area contributed by atoms with Crippen LogP contribution in [0.3, 0.4) is 0 Å². The Morgan fingerprint density at radius 2 is 2.00 bits per heavy atom. The van der Waals surface area contributed by atoms with Crippen molar-refractivity contribution >= 4 is 5.91 Å². The second kappa shape index (κ2) is 6.40. The van der Waals surface area contributed by atoms with Gasteiger partial charge in [-0.15, -0.1) is 0 Å². The number of nitrogens with one attached hydrogen (secondary N) is 2. The second-order valence-corrected chi connectivity index (χ2v) is 5.92. The van der Waals surface area contributed by atoms with Gasteiger partial charge in [-0.1, -0.05) is 6.07 Å². The molecule has 3 N–H and O–H groups in total. The molecule has 3 heterocycles. The van der Waals surface area contributed by atoms with Crippen molar-refractivity contribution in [2.75, 3.05) is 13.1 Å². The maximum atomic E-state index is 12.3. The molecule has 0 radical (unpaired) electrons. The zero-order valence-corrected chi connectivity index (χ0v) is 13.0. The smallest absolute Gasteiger partial charge is 0.266 e. The van der Waals surface area contributed by atoms with Crippen molar-refractivity contribution < 1.29 is 9.90 Å². The summed E-state index contributed by atoms with van der Waals surface area (Å²) in [4.78, 5) is 41.0. The minimum Gasteiger partial charge on any atom is -0.383 e. The standard InChI is InChI=1S/C16H18N4O4/c21-13-9-11(15(23)19-18-13)10-14(22)20-7-4-16(24,5-8-20)12-3-1-2-6-17-12/h1-3,6,9,24H,4-5,7-8,10H2,(H,18,21)(H,19,23). The normalized spacial score (nSPS) is 16.8. The predicted octanol–water partition coefficient (Wildman–Crippen LogP) is -0.489. The maximum absolute atomic E-state index is 12.3. The first-order valence-corrected chi connectivity index (χ1v) is 7.70. The largest absolute Gasteiger partial charge is 0.383 e. The molecule has 1 fully saturated rings. The van der Waals surface area contributed by atoms with Crippen LogP contribution in [0.15, 0.2) is 40.1 Å². The summed E-state index contributed by atoms with van der Waals surface area (Å²) < 4.78 is 0. The van der Waals surface area contributed by atoms with Crippen LogP contribution in [0.25, 0.3) is 0 Å². The summed E-state index contributed by atoms with van der Waals surface area (Å²) >= 11 is 0. The monoisotopic (exact) mass is 330 g/mol. The second-order valence-electron chi connectivity index (χ2n) is 5.92. The molecule has 2 aromatic heterocycles. The summed E-state index contributed by atoms with van der Waals surface area (Å²) in [7, 11) is 0. The van der Waals surface area contributed by atoms with Crippen molar-refractivity contribution in [2.24, 2.45) is 0 Å². The minimum atomic E-state index is -1.04. The van der Waals surface area contributed by atoms with Crippen molar-refractivity contribution in [1.82, 2.24) is 20.1 Å². The number of aromatic nitrogens is 3. The van der Waals surface area contributed by atoms with Gasteiger partial charge in [0.05, 0.1) is 12.1 Å². The molecule has 1 aliphatic heterocycles. The number of carbonyl (C=O) groups excluding carboxylic acids is 1. The average molecular weight is 330 g/mol. The third-order valence-electron chi connectivity index (χ3n) is 4.32. The lowest BCUT2D eigenvalue weighted by Gasteiger charge is -2.37. The number of aromatic amines is 2. The van der Waals surface area contributed by atoms with Crippen molar-refractivity contribution in [2.45, 2.75) is 24.9 Å². The molecule has 0 aliphatic carbocycles. The number of amides is 1. The summed E-state index contributed by atoms with van der Waals surface area (Å²) in [6, 6.07) is 6.50. The lowest BCUT2D eigenvalue weighted by atomic mass is 9.87. The zero-order chi connectivity index (χ0) is 17.2. The maximum Gasteiger partial charge on any atom is 0.266 e. The van der Waals surface area contributed by atoms with E-state index in [4.69, 9.17) is 0 Å². The first-order valence-electron chi connectivity index (χ1n) is 7.70. The Morgan fingerprint density at radius 1 is 1.25 bits per heavy atom. The number of hydrogen-bond acceptors (Lipinski definition) is 5. The number of rotatable bonds is 3. The number of nitrogens with zero attached hydrogens (tertiary/aromatic N) is 2. The van der Waals surface area contributed by atoms with Gasteiger partial charge in [-0.3, -0.25) is 29.6 Å². The van der Waals surface area contributed by atoms with Crippen molar-refractivity contribution in [3.63, 3.8) is 0 Å². The van der Waals surface area contributed by atoms with Crippen molar-refractivity contribution in [3.05, 3.63) is 62.4 Å². The van der Waals surface area contributed by atoms with Crippen LogP contribution in [0, 0.1) is 0 Å². The highest BCUT2D eigenvalue weighted by atomic mass is 16.3. The van der Waals surface area contributed by atoms with Crippen LogP contribution in [0.4, 0.5) is 0 Å². The number of H-pyrrole nitrogens is 2. The fraction of sp³-hybridized carbons (Fsp3) is 0.375. The molecule has 0 aromatic carbocycles. The number of piperidine rings is 1.